The molecular formula is C12H24N2O2. The van der Waals surface area contributed by atoms with Crippen LogP contribution in [0.15, 0.2) is 0 Å². The van der Waals surface area contributed by atoms with Crippen molar-refractivity contribution in [1.29, 1.82) is 0 Å². The van der Waals surface area contributed by atoms with Crippen molar-refractivity contribution in [3.8, 4) is 0 Å². The van der Waals surface area contributed by atoms with Crippen molar-refractivity contribution in [2.75, 3.05) is 26.2 Å². The van der Waals surface area contributed by atoms with E-state index in [4.69, 9.17) is 0 Å². The van der Waals surface area contributed by atoms with Crippen molar-refractivity contribution in [3.63, 3.8) is 0 Å². The highest BCUT2D eigenvalue weighted by atomic mass is 16.3. The fourth-order valence-electron chi connectivity index (χ4n) is 2.51. The molecule has 1 rings (SSSR count). The number of hydrogen-bond donors (Lipinski definition) is 1. The number of carbonyl (C=O) groups excluding carboxylic acids is 1. The maximum Gasteiger partial charge on any atom is 0.239 e. The van der Waals surface area contributed by atoms with Gasteiger partial charge < -0.3 is 10.0 Å². The van der Waals surface area contributed by atoms with Gasteiger partial charge in [-0.05, 0) is 40.2 Å². The average Bonchev–Trinajstić information content (AvgIpc) is 2.77. The van der Waals surface area contributed by atoms with Gasteiger partial charge in [0, 0.05) is 19.1 Å². The number of likely N-dealkylation sites (tertiary alicyclic amines) is 1. The van der Waals surface area contributed by atoms with Gasteiger partial charge >= 0.3 is 0 Å². The predicted molar refractivity (Wildman–Crippen MR) is 64.2 cm³/mol. The summed E-state index contributed by atoms with van der Waals surface area (Å²) in [4.78, 5) is 16.2. The summed E-state index contributed by atoms with van der Waals surface area (Å²) in [5.74, 6) is 0.186. The molecule has 1 N–H and O–H groups in total. The summed E-state index contributed by atoms with van der Waals surface area (Å²) in [7, 11) is 0. The van der Waals surface area contributed by atoms with Gasteiger partial charge in [-0.15, -0.1) is 0 Å². The van der Waals surface area contributed by atoms with E-state index in [1.54, 1.807) is 0 Å². The smallest absolute Gasteiger partial charge is 0.239 e. The maximum atomic E-state index is 12.2. The van der Waals surface area contributed by atoms with Crippen LogP contribution < -0.4 is 0 Å². The molecular weight excluding hydrogens is 204 g/mol. The fraction of sp³-hybridized carbons (Fsp3) is 0.917. The van der Waals surface area contributed by atoms with Crippen molar-refractivity contribution in [1.82, 2.24) is 9.80 Å². The second-order valence-corrected chi connectivity index (χ2v) is 4.40. The van der Waals surface area contributed by atoms with Crippen molar-refractivity contribution < 1.29 is 9.90 Å². The number of aliphatic hydroxyl groups excluding tert-OH is 1. The zero-order valence-electron chi connectivity index (χ0n) is 10.6. The van der Waals surface area contributed by atoms with Gasteiger partial charge in [0.15, 0.2) is 0 Å². The molecule has 1 fully saturated rings. The molecule has 1 saturated heterocycles. The van der Waals surface area contributed by atoms with Gasteiger partial charge in [0.25, 0.3) is 0 Å². The molecule has 4 nitrogen and oxygen atoms in total. The molecule has 1 heterocycles. The molecule has 1 amide bonds. The highest BCUT2D eigenvalue weighted by molar-refractivity contribution is 5.81. The van der Waals surface area contributed by atoms with Crippen LogP contribution in [0, 0.1) is 0 Å². The minimum atomic E-state index is -0.0976. The first-order chi connectivity index (χ1) is 7.65. The number of likely N-dealkylation sites (N-methyl/N-ethyl adjacent to an activating group) is 1. The zero-order valence-corrected chi connectivity index (χ0v) is 10.6. The minimum Gasteiger partial charge on any atom is -0.395 e. The number of rotatable bonds is 5. The second kappa shape index (κ2) is 6.21. The lowest BCUT2D eigenvalue weighted by Crippen LogP contribution is -2.49. The molecule has 0 aromatic heterocycles. The summed E-state index contributed by atoms with van der Waals surface area (Å²) < 4.78 is 0. The lowest BCUT2D eigenvalue weighted by molar-refractivity contribution is -0.136. The van der Waals surface area contributed by atoms with E-state index in [9.17, 15) is 9.90 Å². The van der Waals surface area contributed by atoms with Crippen LogP contribution in [-0.2, 0) is 4.79 Å². The van der Waals surface area contributed by atoms with Crippen LogP contribution in [0.3, 0.4) is 0 Å². The molecule has 94 valence electrons. The lowest BCUT2D eigenvalue weighted by Gasteiger charge is -2.32. The van der Waals surface area contributed by atoms with Gasteiger partial charge in [-0.3, -0.25) is 9.69 Å². The van der Waals surface area contributed by atoms with Crippen LogP contribution in [0.25, 0.3) is 0 Å². The summed E-state index contributed by atoms with van der Waals surface area (Å²) >= 11 is 0. The largest absolute Gasteiger partial charge is 0.395 e. The Hall–Kier alpha value is -0.610. The van der Waals surface area contributed by atoms with Crippen molar-refractivity contribution in [2.24, 2.45) is 0 Å². The molecule has 1 aliphatic heterocycles. The number of amides is 1. The van der Waals surface area contributed by atoms with Crippen LogP contribution in [-0.4, -0.2) is 59.1 Å². The molecule has 0 aliphatic carbocycles. The van der Waals surface area contributed by atoms with E-state index < -0.39 is 0 Å². The first-order valence-corrected chi connectivity index (χ1v) is 6.31. The molecule has 0 aromatic carbocycles. The fourth-order valence-corrected chi connectivity index (χ4v) is 2.51. The Balaban J connectivity index is 2.61. The summed E-state index contributed by atoms with van der Waals surface area (Å²) in [5, 5.41) is 9.25. The molecule has 0 spiro atoms. The topological polar surface area (TPSA) is 43.8 Å². The monoisotopic (exact) mass is 228 g/mol. The Kier molecular flexibility index (Phi) is 5.22. The Bertz CT molecular complexity index is 229. The van der Waals surface area contributed by atoms with Gasteiger partial charge in [0.2, 0.25) is 5.91 Å². The maximum absolute atomic E-state index is 12.2. The molecule has 1 unspecified atom stereocenters. The SMILES string of the molecule is CCN(CC)C(=O)C(C)N1CCC[C@@H]1CO. The van der Waals surface area contributed by atoms with Crippen LogP contribution in [0.2, 0.25) is 0 Å². The first kappa shape index (κ1) is 13.5. The van der Waals surface area contributed by atoms with E-state index in [-0.39, 0.29) is 24.6 Å². The highest BCUT2D eigenvalue weighted by Crippen LogP contribution is 2.20. The summed E-state index contributed by atoms with van der Waals surface area (Å²) in [6.07, 6.45) is 2.09. The molecule has 0 radical (unpaired) electrons. The van der Waals surface area contributed by atoms with Gasteiger partial charge in [-0.2, -0.15) is 0 Å². The Labute approximate surface area is 98.2 Å². The molecule has 1 aliphatic rings. The van der Waals surface area contributed by atoms with Gasteiger partial charge in [0.1, 0.15) is 0 Å². The molecule has 4 heteroatoms. The minimum absolute atomic E-state index is 0.0976. The Morgan fingerprint density at radius 1 is 1.50 bits per heavy atom. The van der Waals surface area contributed by atoms with Crippen LogP contribution >= 0.6 is 0 Å². The van der Waals surface area contributed by atoms with Gasteiger partial charge in [-0.25, -0.2) is 0 Å². The van der Waals surface area contributed by atoms with Crippen LogP contribution in [0.1, 0.15) is 33.6 Å². The van der Waals surface area contributed by atoms with Crippen LogP contribution in [0.5, 0.6) is 0 Å². The zero-order chi connectivity index (χ0) is 12.1. The third kappa shape index (κ3) is 2.74. The lowest BCUT2D eigenvalue weighted by atomic mass is 10.2. The summed E-state index contributed by atoms with van der Waals surface area (Å²) in [5.41, 5.74) is 0. The second-order valence-electron chi connectivity index (χ2n) is 4.40. The molecule has 0 aromatic rings. The first-order valence-electron chi connectivity index (χ1n) is 6.31. The number of hydrogen-bond acceptors (Lipinski definition) is 3. The summed E-state index contributed by atoms with van der Waals surface area (Å²) in [6.45, 7) is 8.57. The number of nitrogens with zero attached hydrogens (tertiary/aromatic N) is 2. The van der Waals surface area contributed by atoms with E-state index in [0.29, 0.717) is 0 Å². The molecule has 0 saturated carbocycles. The van der Waals surface area contributed by atoms with Crippen LogP contribution in [0.4, 0.5) is 0 Å². The van der Waals surface area contributed by atoms with Crippen molar-refractivity contribution >= 4 is 5.91 Å². The quantitative estimate of drug-likeness (QED) is 0.753. The van der Waals surface area contributed by atoms with E-state index >= 15 is 0 Å². The third-order valence-corrected chi connectivity index (χ3v) is 3.56. The van der Waals surface area contributed by atoms with Gasteiger partial charge in [-0.1, -0.05) is 0 Å². The van der Waals surface area contributed by atoms with E-state index in [2.05, 4.69) is 4.90 Å². The average molecular weight is 228 g/mol. The number of aliphatic hydroxyl groups is 1. The third-order valence-electron chi connectivity index (χ3n) is 3.56. The highest BCUT2D eigenvalue weighted by Gasteiger charge is 2.32. The Morgan fingerprint density at radius 3 is 2.62 bits per heavy atom. The summed E-state index contributed by atoms with van der Waals surface area (Å²) in [6, 6.07) is 0.0778. The van der Waals surface area contributed by atoms with E-state index in [1.165, 1.54) is 0 Å². The van der Waals surface area contributed by atoms with Crippen molar-refractivity contribution in [3.05, 3.63) is 0 Å². The van der Waals surface area contributed by atoms with E-state index in [1.807, 2.05) is 25.7 Å². The van der Waals surface area contributed by atoms with Gasteiger partial charge in [0.05, 0.1) is 12.6 Å². The van der Waals surface area contributed by atoms with Crippen molar-refractivity contribution in [2.45, 2.75) is 45.7 Å². The molecule has 0 bridgehead atoms. The molecule has 2 atom stereocenters. The van der Waals surface area contributed by atoms with E-state index in [0.717, 1.165) is 32.5 Å². The predicted octanol–water partition coefficient (Wildman–Crippen LogP) is 0.700. The number of carbonyl (C=O) groups is 1. The normalized spacial score (nSPS) is 23.4. The Morgan fingerprint density at radius 2 is 2.12 bits per heavy atom. The molecule has 16 heavy (non-hydrogen) atoms. The standard InChI is InChI=1S/C12H24N2O2/c1-4-13(5-2)12(16)10(3)14-8-6-7-11(14)9-15/h10-11,15H,4-9H2,1-3H3/t10?,11-/m1/s1.